The average Bonchev–Trinajstić information content (AvgIpc) is 2.91. The summed E-state index contributed by atoms with van der Waals surface area (Å²) in [7, 11) is 0. The minimum absolute atomic E-state index is 0.381. The van der Waals surface area contributed by atoms with Crippen molar-refractivity contribution in [3.05, 3.63) is 57.8 Å². The van der Waals surface area contributed by atoms with Gasteiger partial charge in [-0.05, 0) is 23.6 Å². The number of hydrogen-bond acceptors (Lipinski definition) is 4. The molecule has 0 bridgehead atoms. The third kappa shape index (κ3) is 1.76. The van der Waals surface area contributed by atoms with Gasteiger partial charge in [0.1, 0.15) is 11.9 Å². The molecule has 0 unspecified atom stereocenters. The lowest BCUT2D eigenvalue weighted by Crippen LogP contribution is -2.01. The molecule has 3 aromatic rings. The van der Waals surface area contributed by atoms with Crippen molar-refractivity contribution in [1.29, 1.82) is 0 Å². The van der Waals surface area contributed by atoms with Gasteiger partial charge in [0.25, 0.3) is 0 Å². The summed E-state index contributed by atoms with van der Waals surface area (Å²) in [6, 6.07) is 10.6. The molecule has 2 heterocycles. The molecule has 0 saturated heterocycles. The molecule has 0 amide bonds. The van der Waals surface area contributed by atoms with Crippen LogP contribution in [0.1, 0.15) is 10.4 Å². The SMILES string of the molecule is O=Cc1ccc2cc(-c3cccs3)c(=O)oc2c1. The molecule has 0 aliphatic carbocycles. The van der Waals surface area contributed by atoms with E-state index in [2.05, 4.69) is 0 Å². The fourth-order valence-electron chi connectivity index (χ4n) is 1.80. The summed E-state index contributed by atoms with van der Waals surface area (Å²) in [5, 5.41) is 2.72. The smallest absolute Gasteiger partial charge is 0.345 e. The van der Waals surface area contributed by atoms with E-state index < -0.39 is 0 Å². The van der Waals surface area contributed by atoms with E-state index in [1.54, 1.807) is 24.3 Å². The van der Waals surface area contributed by atoms with Gasteiger partial charge in [-0.3, -0.25) is 4.79 Å². The number of benzene rings is 1. The van der Waals surface area contributed by atoms with Crippen LogP contribution in [0.15, 0.2) is 51.0 Å². The Morgan fingerprint density at radius 3 is 2.78 bits per heavy atom. The first-order valence-electron chi connectivity index (χ1n) is 5.35. The summed E-state index contributed by atoms with van der Waals surface area (Å²) in [5.74, 6) is 0. The summed E-state index contributed by atoms with van der Waals surface area (Å²) in [5.41, 5.74) is 1.10. The number of thiophene rings is 1. The van der Waals surface area contributed by atoms with Crippen LogP contribution in [0.5, 0.6) is 0 Å². The van der Waals surface area contributed by atoms with Crippen molar-refractivity contribution in [2.45, 2.75) is 0 Å². The van der Waals surface area contributed by atoms with Gasteiger partial charge in [-0.2, -0.15) is 0 Å². The maximum Gasteiger partial charge on any atom is 0.345 e. The molecule has 0 aliphatic heterocycles. The van der Waals surface area contributed by atoms with Gasteiger partial charge in [-0.15, -0.1) is 11.3 Å². The van der Waals surface area contributed by atoms with Crippen LogP contribution >= 0.6 is 11.3 Å². The van der Waals surface area contributed by atoms with Gasteiger partial charge in [-0.25, -0.2) is 4.79 Å². The van der Waals surface area contributed by atoms with E-state index in [4.69, 9.17) is 4.42 Å². The van der Waals surface area contributed by atoms with Crippen LogP contribution in [0.25, 0.3) is 21.4 Å². The molecule has 3 rings (SSSR count). The highest BCUT2D eigenvalue weighted by Gasteiger charge is 2.08. The highest BCUT2D eigenvalue weighted by atomic mass is 32.1. The number of fused-ring (bicyclic) bond motifs is 1. The second-order valence-electron chi connectivity index (χ2n) is 3.84. The van der Waals surface area contributed by atoms with E-state index in [0.29, 0.717) is 16.7 Å². The molecule has 4 heteroatoms. The van der Waals surface area contributed by atoms with Gasteiger partial charge >= 0.3 is 5.63 Å². The maximum absolute atomic E-state index is 11.9. The largest absolute Gasteiger partial charge is 0.422 e. The molecule has 0 spiro atoms. The predicted molar refractivity (Wildman–Crippen MR) is 71.2 cm³/mol. The number of hydrogen-bond donors (Lipinski definition) is 0. The van der Waals surface area contributed by atoms with Crippen LogP contribution in [0.4, 0.5) is 0 Å². The molecule has 0 atom stereocenters. The van der Waals surface area contributed by atoms with Crippen molar-refractivity contribution in [2.24, 2.45) is 0 Å². The lowest BCUT2D eigenvalue weighted by atomic mass is 10.1. The number of carbonyl (C=O) groups excluding carboxylic acids is 1. The topological polar surface area (TPSA) is 47.3 Å². The Bertz CT molecular complexity index is 769. The fourth-order valence-corrected chi connectivity index (χ4v) is 2.53. The van der Waals surface area contributed by atoms with Crippen molar-refractivity contribution < 1.29 is 9.21 Å². The molecule has 0 radical (unpaired) electrons. The quantitative estimate of drug-likeness (QED) is 0.522. The first kappa shape index (κ1) is 10.9. The van der Waals surface area contributed by atoms with E-state index in [0.717, 1.165) is 16.5 Å². The van der Waals surface area contributed by atoms with Gasteiger partial charge in [0.15, 0.2) is 0 Å². The van der Waals surface area contributed by atoms with Crippen LogP contribution in [-0.2, 0) is 0 Å². The standard InChI is InChI=1S/C14H8O3S/c15-8-9-3-4-10-7-11(13-2-1-5-18-13)14(16)17-12(10)6-9/h1-8H. The normalized spacial score (nSPS) is 10.7. The highest BCUT2D eigenvalue weighted by molar-refractivity contribution is 7.13. The molecule has 0 saturated carbocycles. The van der Waals surface area contributed by atoms with Crippen molar-refractivity contribution in [1.82, 2.24) is 0 Å². The van der Waals surface area contributed by atoms with Crippen LogP contribution in [0.2, 0.25) is 0 Å². The Labute approximate surface area is 106 Å². The molecule has 18 heavy (non-hydrogen) atoms. The molecule has 1 aromatic carbocycles. The van der Waals surface area contributed by atoms with Crippen LogP contribution in [-0.4, -0.2) is 6.29 Å². The van der Waals surface area contributed by atoms with Gasteiger partial charge < -0.3 is 4.42 Å². The second kappa shape index (κ2) is 4.23. The highest BCUT2D eigenvalue weighted by Crippen LogP contribution is 2.25. The van der Waals surface area contributed by atoms with Gasteiger partial charge in [0, 0.05) is 15.8 Å². The van der Waals surface area contributed by atoms with Gasteiger partial charge in [0.05, 0.1) is 5.56 Å². The van der Waals surface area contributed by atoms with Gasteiger partial charge in [0.2, 0.25) is 0 Å². The van der Waals surface area contributed by atoms with Gasteiger partial charge in [-0.1, -0.05) is 18.2 Å². The molecular formula is C14H8O3S. The summed E-state index contributed by atoms with van der Waals surface area (Å²) in [6.07, 6.45) is 0.729. The average molecular weight is 256 g/mol. The molecule has 88 valence electrons. The number of rotatable bonds is 2. The first-order valence-corrected chi connectivity index (χ1v) is 6.23. The zero-order chi connectivity index (χ0) is 12.5. The molecule has 0 N–H and O–H groups in total. The summed E-state index contributed by atoms with van der Waals surface area (Å²) < 4.78 is 5.25. The van der Waals surface area contributed by atoms with Crippen LogP contribution in [0, 0.1) is 0 Å². The number of carbonyl (C=O) groups is 1. The Hall–Kier alpha value is -2.20. The molecule has 2 aromatic heterocycles. The van der Waals surface area contributed by atoms with Crippen LogP contribution < -0.4 is 5.63 Å². The lowest BCUT2D eigenvalue weighted by molar-refractivity contribution is 0.112. The van der Waals surface area contributed by atoms with Crippen molar-refractivity contribution in [2.75, 3.05) is 0 Å². The summed E-state index contributed by atoms with van der Waals surface area (Å²) in [6.45, 7) is 0. The predicted octanol–water partition coefficient (Wildman–Crippen LogP) is 3.33. The zero-order valence-corrected chi connectivity index (χ0v) is 10.1. The Morgan fingerprint density at radius 1 is 1.17 bits per heavy atom. The summed E-state index contributed by atoms with van der Waals surface area (Å²) in [4.78, 5) is 23.4. The maximum atomic E-state index is 11.9. The van der Waals surface area contributed by atoms with E-state index in [1.165, 1.54) is 11.3 Å². The van der Waals surface area contributed by atoms with E-state index in [9.17, 15) is 9.59 Å². The molecule has 3 nitrogen and oxygen atoms in total. The number of aldehydes is 1. The summed E-state index contributed by atoms with van der Waals surface area (Å²) >= 11 is 1.49. The Morgan fingerprint density at radius 2 is 2.06 bits per heavy atom. The van der Waals surface area contributed by atoms with Crippen molar-refractivity contribution >= 4 is 28.6 Å². The second-order valence-corrected chi connectivity index (χ2v) is 4.79. The third-order valence-electron chi connectivity index (χ3n) is 2.68. The molecule has 0 aliphatic rings. The Kier molecular flexibility index (Phi) is 2.57. The van der Waals surface area contributed by atoms with Crippen molar-refractivity contribution in [3.63, 3.8) is 0 Å². The van der Waals surface area contributed by atoms with E-state index >= 15 is 0 Å². The minimum atomic E-state index is -0.381. The van der Waals surface area contributed by atoms with E-state index in [1.807, 2.05) is 17.5 Å². The lowest BCUT2D eigenvalue weighted by Gasteiger charge is -2.00. The zero-order valence-electron chi connectivity index (χ0n) is 9.25. The van der Waals surface area contributed by atoms with Crippen LogP contribution in [0.3, 0.4) is 0 Å². The Balaban J connectivity index is 2.28. The molecular weight excluding hydrogens is 248 g/mol. The molecule has 0 fully saturated rings. The van der Waals surface area contributed by atoms with Crippen molar-refractivity contribution in [3.8, 4) is 10.4 Å². The monoisotopic (exact) mass is 256 g/mol. The first-order chi connectivity index (χ1) is 8.78. The fraction of sp³-hybridized carbons (Fsp3) is 0. The third-order valence-corrected chi connectivity index (χ3v) is 3.59. The minimum Gasteiger partial charge on any atom is -0.422 e. The van der Waals surface area contributed by atoms with E-state index in [-0.39, 0.29) is 5.63 Å².